The number of carbonyl (C=O) groups is 1. The van der Waals surface area contributed by atoms with E-state index in [1.54, 1.807) is 37.6 Å². The van der Waals surface area contributed by atoms with E-state index in [9.17, 15) is 9.90 Å². The van der Waals surface area contributed by atoms with Crippen LogP contribution >= 0.6 is 0 Å². The summed E-state index contributed by atoms with van der Waals surface area (Å²) in [7, 11) is 3.15. The van der Waals surface area contributed by atoms with Gasteiger partial charge in [0.1, 0.15) is 11.9 Å². The molecule has 1 aromatic carbocycles. The molecule has 1 aliphatic rings. The fraction of sp³-hybridized carbons (Fsp3) is 0.263. The first kappa shape index (κ1) is 17.0. The smallest absolute Gasteiger partial charge is 0.326 e. The molecule has 1 aliphatic heterocycles. The first-order valence-corrected chi connectivity index (χ1v) is 8.45. The minimum Gasteiger partial charge on any atom is -0.493 e. The number of aliphatic carboxylic acids is 1. The summed E-state index contributed by atoms with van der Waals surface area (Å²) in [5, 5.41) is 18.4. The zero-order valence-corrected chi connectivity index (χ0v) is 14.9. The van der Waals surface area contributed by atoms with E-state index in [2.05, 4.69) is 15.2 Å². The number of aromatic nitrogens is 3. The average Bonchev–Trinajstić information content (AvgIpc) is 2.65. The van der Waals surface area contributed by atoms with Crippen LogP contribution in [0.5, 0.6) is 11.5 Å². The van der Waals surface area contributed by atoms with Gasteiger partial charge in [-0.1, -0.05) is 0 Å². The molecule has 3 heterocycles. The first-order valence-electron chi connectivity index (χ1n) is 8.45. The third kappa shape index (κ3) is 2.88. The number of hydrogen-bond donors (Lipinski definition) is 1. The predicted octanol–water partition coefficient (Wildman–Crippen LogP) is 2.37. The Morgan fingerprint density at radius 2 is 2.00 bits per heavy atom. The monoisotopic (exact) mass is 366 g/mol. The van der Waals surface area contributed by atoms with Gasteiger partial charge < -0.3 is 19.5 Å². The highest BCUT2D eigenvalue weighted by Crippen LogP contribution is 2.36. The molecule has 0 aliphatic carbocycles. The molecule has 4 rings (SSSR count). The van der Waals surface area contributed by atoms with Crippen LogP contribution in [0.3, 0.4) is 0 Å². The van der Waals surface area contributed by atoms with Crippen LogP contribution in [0.15, 0.2) is 36.7 Å². The molecule has 1 N–H and O–H groups in total. The van der Waals surface area contributed by atoms with Crippen LogP contribution < -0.4 is 14.4 Å². The number of carboxylic acid groups (broad SMARTS) is 1. The van der Waals surface area contributed by atoms with Gasteiger partial charge in [-0.3, -0.25) is 0 Å². The summed E-state index contributed by atoms with van der Waals surface area (Å²) >= 11 is 0. The van der Waals surface area contributed by atoms with Crippen LogP contribution in [0.2, 0.25) is 0 Å². The SMILES string of the molecule is COc1cc2nncc(-c3ccnc(N4CCC4C(=O)O)c3)c2cc1OC. The Kier molecular flexibility index (Phi) is 4.23. The summed E-state index contributed by atoms with van der Waals surface area (Å²) in [6.07, 6.45) is 3.98. The number of hydrogen-bond acceptors (Lipinski definition) is 7. The molecule has 0 radical (unpaired) electrons. The summed E-state index contributed by atoms with van der Waals surface area (Å²) in [4.78, 5) is 17.4. The van der Waals surface area contributed by atoms with Crippen molar-refractivity contribution in [1.29, 1.82) is 0 Å². The number of rotatable bonds is 5. The first-order chi connectivity index (χ1) is 13.1. The fourth-order valence-electron chi connectivity index (χ4n) is 3.28. The van der Waals surface area contributed by atoms with E-state index in [0.29, 0.717) is 35.8 Å². The Bertz CT molecular complexity index is 1020. The van der Waals surface area contributed by atoms with Gasteiger partial charge in [0.05, 0.1) is 25.9 Å². The van der Waals surface area contributed by atoms with Gasteiger partial charge in [0, 0.05) is 29.8 Å². The van der Waals surface area contributed by atoms with Crippen molar-refractivity contribution < 1.29 is 19.4 Å². The summed E-state index contributed by atoms with van der Waals surface area (Å²) < 4.78 is 10.7. The molecule has 0 amide bonds. The zero-order valence-electron chi connectivity index (χ0n) is 14.9. The Morgan fingerprint density at radius 3 is 2.67 bits per heavy atom. The van der Waals surface area contributed by atoms with Crippen molar-refractivity contribution in [3.8, 4) is 22.6 Å². The van der Waals surface area contributed by atoms with Crippen LogP contribution in [0, 0.1) is 0 Å². The molecule has 8 heteroatoms. The number of methoxy groups -OCH3 is 2. The Morgan fingerprint density at radius 1 is 1.22 bits per heavy atom. The molecule has 27 heavy (non-hydrogen) atoms. The van der Waals surface area contributed by atoms with Crippen molar-refractivity contribution in [2.24, 2.45) is 0 Å². The standard InChI is InChI=1S/C19H18N4O4/c1-26-16-8-12-13(10-21-22-14(12)9-17(16)27-2)11-3-5-20-18(7-11)23-6-4-15(23)19(24)25/h3,5,7-10,15H,4,6H2,1-2H3,(H,24,25). The van der Waals surface area contributed by atoms with Crippen molar-refractivity contribution in [3.63, 3.8) is 0 Å². The number of carboxylic acids is 1. The van der Waals surface area contributed by atoms with Crippen molar-refractivity contribution in [1.82, 2.24) is 15.2 Å². The van der Waals surface area contributed by atoms with Gasteiger partial charge in [-0.25, -0.2) is 9.78 Å². The van der Waals surface area contributed by atoms with Crippen LogP contribution in [-0.4, -0.2) is 53.1 Å². The summed E-state index contributed by atoms with van der Waals surface area (Å²) in [6.45, 7) is 0.674. The lowest BCUT2D eigenvalue weighted by Gasteiger charge is -2.39. The van der Waals surface area contributed by atoms with Crippen molar-refractivity contribution in [2.45, 2.75) is 12.5 Å². The highest BCUT2D eigenvalue weighted by molar-refractivity contribution is 5.96. The van der Waals surface area contributed by atoms with Gasteiger partial charge in [0.2, 0.25) is 0 Å². The number of nitrogens with zero attached hydrogens (tertiary/aromatic N) is 4. The average molecular weight is 366 g/mol. The lowest BCUT2D eigenvalue weighted by molar-refractivity contribution is -0.140. The van der Waals surface area contributed by atoms with E-state index in [1.165, 1.54) is 0 Å². The number of pyridine rings is 1. The molecule has 138 valence electrons. The Labute approximate surface area is 155 Å². The topological polar surface area (TPSA) is 97.7 Å². The quantitative estimate of drug-likeness (QED) is 0.735. The largest absolute Gasteiger partial charge is 0.493 e. The number of fused-ring (bicyclic) bond motifs is 1. The van der Waals surface area contributed by atoms with E-state index in [1.807, 2.05) is 18.2 Å². The van der Waals surface area contributed by atoms with Crippen LogP contribution in [0.4, 0.5) is 5.82 Å². The maximum absolute atomic E-state index is 11.3. The normalized spacial score (nSPS) is 16.1. The van der Waals surface area contributed by atoms with Gasteiger partial charge in [-0.15, -0.1) is 0 Å². The summed E-state index contributed by atoms with van der Waals surface area (Å²) in [5.74, 6) is 0.983. The minimum atomic E-state index is -0.832. The second-order valence-corrected chi connectivity index (χ2v) is 6.22. The summed E-state index contributed by atoms with van der Waals surface area (Å²) in [5.41, 5.74) is 2.41. The third-order valence-corrected chi connectivity index (χ3v) is 4.80. The lowest BCUT2D eigenvalue weighted by Crippen LogP contribution is -2.52. The van der Waals surface area contributed by atoms with Crippen LogP contribution in [0.1, 0.15) is 6.42 Å². The molecule has 0 spiro atoms. The Balaban J connectivity index is 1.81. The number of anilines is 1. The van der Waals surface area contributed by atoms with Crippen molar-refractivity contribution in [3.05, 3.63) is 36.7 Å². The molecule has 1 unspecified atom stereocenters. The van der Waals surface area contributed by atoms with E-state index in [0.717, 1.165) is 16.5 Å². The molecule has 3 aromatic rings. The Hall–Kier alpha value is -3.42. The van der Waals surface area contributed by atoms with Gasteiger partial charge in [-0.05, 0) is 30.2 Å². The van der Waals surface area contributed by atoms with Gasteiger partial charge in [0.25, 0.3) is 0 Å². The molecule has 1 fully saturated rings. The molecule has 2 aromatic heterocycles. The van der Waals surface area contributed by atoms with Gasteiger partial charge >= 0.3 is 5.97 Å². The van der Waals surface area contributed by atoms with Gasteiger partial charge in [0.15, 0.2) is 11.5 Å². The molecule has 1 saturated heterocycles. The summed E-state index contributed by atoms with van der Waals surface area (Å²) in [6, 6.07) is 6.86. The third-order valence-electron chi connectivity index (χ3n) is 4.80. The fourth-order valence-corrected chi connectivity index (χ4v) is 3.28. The molecule has 8 nitrogen and oxygen atoms in total. The highest BCUT2D eigenvalue weighted by atomic mass is 16.5. The molecular formula is C19H18N4O4. The second kappa shape index (κ2) is 6.71. The molecular weight excluding hydrogens is 348 g/mol. The molecule has 1 atom stereocenters. The molecule has 0 bridgehead atoms. The zero-order chi connectivity index (χ0) is 19.0. The highest BCUT2D eigenvalue weighted by Gasteiger charge is 2.35. The molecule has 0 saturated carbocycles. The maximum Gasteiger partial charge on any atom is 0.326 e. The van der Waals surface area contributed by atoms with Crippen LogP contribution in [0.25, 0.3) is 22.0 Å². The second-order valence-electron chi connectivity index (χ2n) is 6.22. The van der Waals surface area contributed by atoms with Crippen molar-refractivity contribution in [2.75, 3.05) is 25.7 Å². The van der Waals surface area contributed by atoms with E-state index < -0.39 is 12.0 Å². The van der Waals surface area contributed by atoms with Crippen LogP contribution in [-0.2, 0) is 4.79 Å². The van der Waals surface area contributed by atoms with Gasteiger partial charge in [-0.2, -0.15) is 10.2 Å². The number of benzene rings is 1. The maximum atomic E-state index is 11.3. The lowest BCUT2D eigenvalue weighted by atomic mass is 10.0. The van der Waals surface area contributed by atoms with Crippen molar-refractivity contribution >= 4 is 22.7 Å². The minimum absolute atomic E-state index is 0.524. The number of ether oxygens (including phenoxy) is 2. The van der Waals surface area contributed by atoms with E-state index in [4.69, 9.17) is 9.47 Å². The predicted molar refractivity (Wildman–Crippen MR) is 99.3 cm³/mol. The van der Waals surface area contributed by atoms with E-state index in [-0.39, 0.29) is 0 Å². The van der Waals surface area contributed by atoms with E-state index >= 15 is 0 Å².